The molecule has 0 radical (unpaired) electrons. The number of nitriles is 1. The summed E-state index contributed by atoms with van der Waals surface area (Å²) in [5.41, 5.74) is -0.941. The molecule has 0 bridgehead atoms. The van der Waals surface area contributed by atoms with Gasteiger partial charge in [0.2, 0.25) is 5.91 Å². The number of nitrogens with one attached hydrogen (secondary N) is 1. The molecule has 16 heavy (non-hydrogen) atoms. The van der Waals surface area contributed by atoms with Gasteiger partial charge in [-0.2, -0.15) is 5.26 Å². The van der Waals surface area contributed by atoms with Crippen molar-refractivity contribution < 1.29 is 9.53 Å². The standard InChI is InChI=1S/C12H22N2O2/c1-4-5-8-16-9-6-7-14-11(15)12(2,3)10-13/h4-9H2,1-3H3,(H,14,15). The van der Waals surface area contributed by atoms with Crippen molar-refractivity contribution in [3.63, 3.8) is 0 Å². The lowest BCUT2D eigenvalue weighted by molar-refractivity contribution is -0.126. The summed E-state index contributed by atoms with van der Waals surface area (Å²) < 4.78 is 5.35. The largest absolute Gasteiger partial charge is 0.381 e. The molecule has 0 unspecified atom stereocenters. The second kappa shape index (κ2) is 8.12. The summed E-state index contributed by atoms with van der Waals surface area (Å²) in [6.07, 6.45) is 3.00. The first-order chi connectivity index (χ1) is 7.54. The maximum absolute atomic E-state index is 11.5. The van der Waals surface area contributed by atoms with Crippen LogP contribution in [-0.2, 0) is 9.53 Å². The average molecular weight is 226 g/mol. The van der Waals surface area contributed by atoms with Crippen molar-refractivity contribution in [1.82, 2.24) is 5.32 Å². The van der Waals surface area contributed by atoms with Crippen LogP contribution in [-0.4, -0.2) is 25.7 Å². The first-order valence-electron chi connectivity index (χ1n) is 5.82. The van der Waals surface area contributed by atoms with E-state index in [1.54, 1.807) is 13.8 Å². The Balaban J connectivity index is 3.46. The molecule has 0 aromatic rings. The zero-order chi connectivity index (χ0) is 12.4. The summed E-state index contributed by atoms with van der Waals surface area (Å²) in [7, 11) is 0. The Morgan fingerprint density at radius 1 is 1.38 bits per heavy atom. The second-order valence-electron chi connectivity index (χ2n) is 4.31. The first-order valence-corrected chi connectivity index (χ1v) is 5.82. The van der Waals surface area contributed by atoms with Crippen LogP contribution in [0, 0.1) is 16.7 Å². The Bertz CT molecular complexity index is 244. The average Bonchev–Trinajstić information content (AvgIpc) is 2.27. The fraction of sp³-hybridized carbons (Fsp3) is 0.833. The van der Waals surface area contributed by atoms with Gasteiger partial charge in [-0.05, 0) is 26.7 Å². The number of nitrogens with zero attached hydrogens (tertiary/aromatic N) is 1. The number of ether oxygens (including phenoxy) is 1. The van der Waals surface area contributed by atoms with Crippen LogP contribution in [0.5, 0.6) is 0 Å². The lowest BCUT2D eigenvalue weighted by Gasteiger charge is -2.14. The fourth-order valence-corrected chi connectivity index (χ4v) is 0.996. The molecule has 1 amide bonds. The van der Waals surface area contributed by atoms with Gasteiger partial charge >= 0.3 is 0 Å². The van der Waals surface area contributed by atoms with Crippen molar-refractivity contribution in [2.75, 3.05) is 19.8 Å². The van der Waals surface area contributed by atoms with Gasteiger partial charge in [-0.15, -0.1) is 0 Å². The number of amides is 1. The molecule has 1 N–H and O–H groups in total. The van der Waals surface area contributed by atoms with Gasteiger partial charge in [-0.25, -0.2) is 0 Å². The summed E-state index contributed by atoms with van der Waals surface area (Å²) in [4.78, 5) is 11.5. The van der Waals surface area contributed by atoms with Gasteiger partial charge in [0.05, 0.1) is 6.07 Å². The molecule has 0 saturated carbocycles. The van der Waals surface area contributed by atoms with E-state index < -0.39 is 5.41 Å². The molecule has 0 rings (SSSR count). The maximum Gasteiger partial charge on any atom is 0.239 e. The van der Waals surface area contributed by atoms with Crippen molar-refractivity contribution in [3.05, 3.63) is 0 Å². The molecule has 0 heterocycles. The molecular weight excluding hydrogens is 204 g/mol. The van der Waals surface area contributed by atoms with Gasteiger partial charge in [-0.3, -0.25) is 4.79 Å². The van der Waals surface area contributed by atoms with Gasteiger partial charge in [0, 0.05) is 19.8 Å². The highest BCUT2D eigenvalue weighted by Crippen LogP contribution is 2.12. The van der Waals surface area contributed by atoms with Crippen molar-refractivity contribution in [1.29, 1.82) is 5.26 Å². The second-order valence-corrected chi connectivity index (χ2v) is 4.31. The van der Waals surface area contributed by atoms with Crippen molar-refractivity contribution in [2.24, 2.45) is 5.41 Å². The molecule has 0 aliphatic rings. The highest BCUT2D eigenvalue weighted by atomic mass is 16.5. The SMILES string of the molecule is CCCCOCCCNC(=O)C(C)(C)C#N. The molecular formula is C12H22N2O2. The molecule has 0 aliphatic carbocycles. The monoisotopic (exact) mass is 226 g/mol. The van der Waals surface area contributed by atoms with Crippen LogP contribution in [0.15, 0.2) is 0 Å². The Kier molecular flexibility index (Phi) is 7.57. The maximum atomic E-state index is 11.5. The highest BCUT2D eigenvalue weighted by Gasteiger charge is 2.26. The minimum atomic E-state index is -0.941. The van der Waals surface area contributed by atoms with Gasteiger partial charge in [0.1, 0.15) is 5.41 Å². The third-order valence-electron chi connectivity index (χ3n) is 2.24. The van der Waals surface area contributed by atoms with E-state index in [2.05, 4.69) is 12.2 Å². The minimum absolute atomic E-state index is 0.219. The molecule has 4 nitrogen and oxygen atoms in total. The van der Waals surface area contributed by atoms with Gasteiger partial charge in [0.15, 0.2) is 0 Å². The smallest absolute Gasteiger partial charge is 0.239 e. The van der Waals surface area contributed by atoms with E-state index in [9.17, 15) is 4.79 Å². The highest BCUT2D eigenvalue weighted by molar-refractivity contribution is 5.84. The van der Waals surface area contributed by atoms with Crippen molar-refractivity contribution in [3.8, 4) is 6.07 Å². The van der Waals surface area contributed by atoms with Gasteiger partial charge in [0.25, 0.3) is 0 Å². The lowest BCUT2D eigenvalue weighted by Crippen LogP contribution is -2.36. The number of hydrogen-bond donors (Lipinski definition) is 1. The van der Waals surface area contributed by atoms with E-state index in [1.165, 1.54) is 0 Å². The summed E-state index contributed by atoms with van der Waals surface area (Å²) in [5.74, 6) is -0.219. The van der Waals surface area contributed by atoms with E-state index >= 15 is 0 Å². The topological polar surface area (TPSA) is 62.1 Å². The third kappa shape index (κ3) is 6.41. The van der Waals surface area contributed by atoms with Gasteiger partial charge in [-0.1, -0.05) is 13.3 Å². The Morgan fingerprint density at radius 3 is 2.56 bits per heavy atom. The van der Waals surface area contributed by atoms with E-state index in [-0.39, 0.29) is 5.91 Å². The molecule has 0 aromatic carbocycles. The number of carbonyl (C=O) groups is 1. The number of carbonyl (C=O) groups excluding carboxylic acids is 1. The summed E-state index contributed by atoms with van der Waals surface area (Å²) >= 11 is 0. The van der Waals surface area contributed by atoms with Crippen LogP contribution in [0.3, 0.4) is 0 Å². The van der Waals surface area contributed by atoms with Crippen molar-refractivity contribution >= 4 is 5.91 Å². The molecule has 4 heteroatoms. The predicted molar refractivity (Wildman–Crippen MR) is 62.7 cm³/mol. The van der Waals surface area contributed by atoms with Crippen LogP contribution in [0.4, 0.5) is 0 Å². The summed E-state index contributed by atoms with van der Waals surface area (Å²) in [5, 5.41) is 11.5. The van der Waals surface area contributed by atoms with E-state index in [0.29, 0.717) is 13.2 Å². The quantitative estimate of drug-likeness (QED) is 0.642. The first kappa shape index (κ1) is 14.9. The lowest BCUT2D eigenvalue weighted by atomic mass is 9.95. The molecule has 0 saturated heterocycles. The zero-order valence-corrected chi connectivity index (χ0v) is 10.5. The summed E-state index contributed by atoms with van der Waals surface area (Å²) in [6, 6.07) is 1.97. The molecule has 0 aromatic heterocycles. The normalized spacial score (nSPS) is 10.9. The molecule has 92 valence electrons. The Morgan fingerprint density at radius 2 is 2.00 bits per heavy atom. The molecule has 0 fully saturated rings. The van der Waals surface area contributed by atoms with E-state index in [4.69, 9.17) is 10.00 Å². The third-order valence-corrected chi connectivity index (χ3v) is 2.24. The number of unbranched alkanes of at least 4 members (excludes halogenated alkanes) is 1. The van der Waals surface area contributed by atoms with Crippen LogP contribution < -0.4 is 5.32 Å². The number of hydrogen-bond acceptors (Lipinski definition) is 3. The van der Waals surface area contributed by atoms with E-state index in [1.807, 2.05) is 6.07 Å². The van der Waals surface area contributed by atoms with Crippen LogP contribution in [0.2, 0.25) is 0 Å². The minimum Gasteiger partial charge on any atom is -0.381 e. The fourth-order valence-electron chi connectivity index (χ4n) is 0.996. The number of rotatable bonds is 8. The van der Waals surface area contributed by atoms with E-state index in [0.717, 1.165) is 25.9 Å². The van der Waals surface area contributed by atoms with Crippen molar-refractivity contribution in [2.45, 2.75) is 40.0 Å². The zero-order valence-electron chi connectivity index (χ0n) is 10.5. The van der Waals surface area contributed by atoms with Crippen LogP contribution in [0.25, 0.3) is 0 Å². The Labute approximate surface area is 98.0 Å². The predicted octanol–water partition coefficient (Wildman–Crippen LogP) is 1.86. The van der Waals surface area contributed by atoms with Crippen LogP contribution >= 0.6 is 0 Å². The Hall–Kier alpha value is -1.08. The van der Waals surface area contributed by atoms with Gasteiger partial charge < -0.3 is 10.1 Å². The van der Waals surface area contributed by atoms with Crippen LogP contribution in [0.1, 0.15) is 40.0 Å². The molecule has 0 aliphatic heterocycles. The summed E-state index contributed by atoms with van der Waals surface area (Å²) in [6.45, 7) is 7.35. The molecule has 0 spiro atoms. The molecule has 0 atom stereocenters.